The monoisotopic (exact) mass is 251 g/mol. The summed E-state index contributed by atoms with van der Waals surface area (Å²) in [6.45, 7) is 0.540. The fourth-order valence-electron chi connectivity index (χ4n) is 1.87. The molecule has 1 aliphatic rings. The Morgan fingerprint density at radius 2 is 2.24 bits per heavy atom. The van der Waals surface area contributed by atoms with Gasteiger partial charge in [-0.2, -0.15) is 0 Å². The quantitative estimate of drug-likeness (QED) is 0.878. The van der Waals surface area contributed by atoms with E-state index >= 15 is 0 Å². The summed E-state index contributed by atoms with van der Waals surface area (Å²) in [5, 5.41) is 14.9. The lowest BCUT2D eigenvalue weighted by Crippen LogP contribution is -2.22. The van der Waals surface area contributed by atoms with Crippen LogP contribution in [0, 0.1) is 0 Å². The third kappa shape index (κ3) is 2.46. The zero-order valence-electron chi connectivity index (χ0n) is 9.32. The van der Waals surface area contributed by atoms with Crippen molar-refractivity contribution in [2.45, 2.75) is 25.0 Å². The van der Waals surface area contributed by atoms with Crippen LogP contribution in [-0.4, -0.2) is 17.7 Å². The number of furan rings is 1. The third-order valence-electron chi connectivity index (χ3n) is 3.00. The Balaban J connectivity index is 1.78. The van der Waals surface area contributed by atoms with Gasteiger partial charge in [-0.15, -0.1) is 0 Å². The molecule has 1 atom stereocenters. The van der Waals surface area contributed by atoms with Crippen molar-refractivity contribution in [1.82, 2.24) is 5.32 Å². The average Bonchev–Trinajstić information content (AvgIpc) is 3.04. The molecular weight excluding hydrogens is 238 g/mol. The standard InChI is InChI=1S/C13H14ClNO2/c14-9-1-4-12-8(5-9)6-13(17-12)11(16)7-15-10-2-3-10/h1,4-6,10-11,15-16H,2-3,7H2. The van der Waals surface area contributed by atoms with Crippen LogP contribution in [0.25, 0.3) is 11.0 Å². The fourth-order valence-corrected chi connectivity index (χ4v) is 2.05. The highest BCUT2D eigenvalue weighted by Gasteiger charge is 2.22. The van der Waals surface area contributed by atoms with E-state index in [0.29, 0.717) is 23.4 Å². The molecule has 1 aliphatic carbocycles. The Hall–Kier alpha value is -1.03. The van der Waals surface area contributed by atoms with Gasteiger partial charge in [0.15, 0.2) is 0 Å². The van der Waals surface area contributed by atoms with Crippen molar-refractivity contribution in [3.63, 3.8) is 0 Å². The van der Waals surface area contributed by atoms with Gasteiger partial charge in [-0.05, 0) is 37.1 Å². The first-order valence-corrected chi connectivity index (χ1v) is 6.20. The minimum absolute atomic E-state index is 0.540. The summed E-state index contributed by atoms with van der Waals surface area (Å²) < 4.78 is 5.59. The van der Waals surface area contributed by atoms with Gasteiger partial charge in [-0.3, -0.25) is 0 Å². The molecule has 0 aliphatic heterocycles. The highest BCUT2D eigenvalue weighted by Crippen LogP contribution is 2.27. The number of hydrogen-bond donors (Lipinski definition) is 2. The van der Waals surface area contributed by atoms with Crippen LogP contribution >= 0.6 is 11.6 Å². The lowest BCUT2D eigenvalue weighted by Gasteiger charge is -2.07. The van der Waals surface area contributed by atoms with Crippen molar-refractivity contribution in [3.8, 4) is 0 Å². The van der Waals surface area contributed by atoms with E-state index in [0.717, 1.165) is 11.0 Å². The van der Waals surface area contributed by atoms with Crippen LogP contribution in [0.15, 0.2) is 28.7 Å². The molecular formula is C13H14ClNO2. The van der Waals surface area contributed by atoms with Gasteiger partial charge in [0.05, 0.1) is 0 Å². The topological polar surface area (TPSA) is 45.4 Å². The van der Waals surface area contributed by atoms with Crippen molar-refractivity contribution in [1.29, 1.82) is 0 Å². The number of aliphatic hydroxyl groups excluding tert-OH is 1. The Bertz CT molecular complexity index is 533. The molecule has 0 radical (unpaired) electrons. The average molecular weight is 252 g/mol. The second-order valence-corrected chi connectivity index (χ2v) is 4.97. The highest BCUT2D eigenvalue weighted by molar-refractivity contribution is 6.31. The molecule has 2 N–H and O–H groups in total. The Morgan fingerprint density at radius 3 is 3.00 bits per heavy atom. The molecule has 4 heteroatoms. The van der Waals surface area contributed by atoms with Gasteiger partial charge in [0.2, 0.25) is 0 Å². The van der Waals surface area contributed by atoms with Crippen LogP contribution in [0.3, 0.4) is 0 Å². The van der Waals surface area contributed by atoms with E-state index in [9.17, 15) is 5.11 Å². The molecule has 90 valence electrons. The summed E-state index contributed by atoms with van der Waals surface area (Å²) in [5.41, 5.74) is 0.759. The van der Waals surface area contributed by atoms with Gasteiger partial charge in [0, 0.05) is 23.0 Å². The number of hydrogen-bond acceptors (Lipinski definition) is 3. The molecule has 17 heavy (non-hydrogen) atoms. The first-order valence-electron chi connectivity index (χ1n) is 5.83. The van der Waals surface area contributed by atoms with Crippen LogP contribution in [0.2, 0.25) is 5.02 Å². The predicted octanol–water partition coefficient (Wildman–Crippen LogP) is 2.87. The smallest absolute Gasteiger partial charge is 0.135 e. The summed E-state index contributed by atoms with van der Waals surface area (Å²) >= 11 is 5.90. The second kappa shape index (κ2) is 4.33. The maximum absolute atomic E-state index is 9.98. The molecule has 1 fully saturated rings. The summed E-state index contributed by atoms with van der Waals surface area (Å²) in [6.07, 6.45) is 1.83. The summed E-state index contributed by atoms with van der Waals surface area (Å²) in [6, 6.07) is 7.88. The van der Waals surface area contributed by atoms with E-state index in [2.05, 4.69) is 5.32 Å². The molecule has 1 saturated carbocycles. The van der Waals surface area contributed by atoms with Crippen LogP contribution in [-0.2, 0) is 0 Å². The predicted molar refractivity (Wildman–Crippen MR) is 67.2 cm³/mol. The maximum Gasteiger partial charge on any atom is 0.135 e. The van der Waals surface area contributed by atoms with E-state index in [1.807, 2.05) is 18.2 Å². The van der Waals surface area contributed by atoms with E-state index in [1.165, 1.54) is 12.8 Å². The first-order chi connectivity index (χ1) is 8.22. The molecule has 0 amide bonds. The number of benzene rings is 1. The molecule has 1 unspecified atom stereocenters. The fraction of sp³-hybridized carbons (Fsp3) is 0.385. The van der Waals surface area contributed by atoms with Crippen molar-refractivity contribution in [2.24, 2.45) is 0 Å². The van der Waals surface area contributed by atoms with Gasteiger partial charge in [0.1, 0.15) is 17.4 Å². The van der Waals surface area contributed by atoms with Crippen molar-refractivity contribution >= 4 is 22.6 Å². The second-order valence-electron chi connectivity index (χ2n) is 4.53. The van der Waals surface area contributed by atoms with Gasteiger partial charge in [-0.25, -0.2) is 0 Å². The molecule has 0 bridgehead atoms. The van der Waals surface area contributed by atoms with Crippen LogP contribution in [0.5, 0.6) is 0 Å². The summed E-state index contributed by atoms with van der Waals surface area (Å²) in [5.74, 6) is 0.593. The van der Waals surface area contributed by atoms with E-state index < -0.39 is 6.10 Å². The molecule has 0 saturated heterocycles. The van der Waals surface area contributed by atoms with Crippen LogP contribution in [0.4, 0.5) is 0 Å². The lowest BCUT2D eigenvalue weighted by molar-refractivity contribution is 0.149. The number of rotatable bonds is 4. The largest absolute Gasteiger partial charge is 0.458 e. The number of aliphatic hydroxyl groups is 1. The zero-order valence-corrected chi connectivity index (χ0v) is 10.1. The van der Waals surface area contributed by atoms with Gasteiger partial charge in [0.25, 0.3) is 0 Å². The number of nitrogens with one attached hydrogen (secondary N) is 1. The van der Waals surface area contributed by atoms with Gasteiger partial charge >= 0.3 is 0 Å². The first kappa shape index (κ1) is 11.1. The Morgan fingerprint density at radius 1 is 1.41 bits per heavy atom. The molecule has 1 aromatic heterocycles. The van der Waals surface area contributed by atoms with Crippen LogP contribution in [0.1, 0.15) is 24.7 Å². The SMILES string of the molecule is OC(CNC1CC1)c1cc2cc(Cl)ccc2o1. The molecule has 1 heterocycles. The molecule has 0 spiro atoms. The number of fused-ring (bicyclic) bond motifs is 1. The van der Waals surface area contributed by atoms with Crippen molar-refractivity contribution in [3.05, 3.63) is 35.0 Å². The zero-order chi connectivity index (χ0) is 11.8. The molecule has 1 aromatic carbocycles. The summed E-state index contributed by atoms with van der Waals surface area (Å²) in [4.78, 5) is 0. The van der Waals surface area contributed by atoms with Gasteiger partial charge in [-0.1, -0.05) is 11.6 Å². The normalized spacial score (nSPS) is 17.5. The Kier molecular flexibility index (Phi) is 2.82. The third-order valence-corrected chi connectivity index (χ3v) is 3.24. The minimum atomic E-state index is -0.596. The van der Waals surface area contributed by atoms with Crippen molar-refractivity contribution in [2.75, 3.05) is 6.54 Å². The molecule has 2 aromatic rings. The van der Waals surface area contributed by atoms with Crippen molar-refractivity contribution < 1.29 is 9.52 Å². The van der Waals surface area contributed by atoms with E-state index in [-0.39, 0.29) is 0 Å². The minimum Gasteiger partial charge on any atom is -0.458 e. The summed E-state index contributed by atoms with van der Waals surface area (Å²) in [7, 11) is 0. The van der Waals surface area contributed by atoms with Gasteiger partial charge < -0.3 is 14.8 Å². The van der Waals surface area contributed by atoms with Crippen LogP contribution < -0.4 is 5.32 Å². The highest BCUT2D eigenvalue weighted by atomic mass is 35.5. The van der Waals surface area contributed by atoms with E-state index in [1.54, 1.807) is 6.07 Å². The lowest BCUT2D eigenvalue weighted by atomic mass is 10.2. The number of halogens is 1. The Labute approximate surface area is 104 Å². The molecule has 3 nitrogen and oxygen atoms in total. The molecule has 3 rings (SSSR count). The maximum atomic E-state index is 9.98. The van der Waals surface area contributed by atoms with E-state index in [4.69, 9.17) is 16.0 Å².